The zero-order valence-corrected chi connectivity index (χ0v) is 11.8. The average Bonchev–Trinajstić information content (AvgIpc) is 2.41. The maximum absolute atomic E-state index is 12.4. The first-order valence-corrected chi connectivity index (χ1v) is 7.04. The predicted molar refractivity (Wildman–Crippen MR) is 75.7 cm³/mol. The monoisotopic (exact) mass is 261 g/mol. The molecule has 0 bridgehead atoms. The van der Waals surface area contributed by atoms with Crippen LogP contribution in [0.1, 0.15) is 37.4 Å². The molecule has 2 unspecified atom stereocenters. The summed E-state index contributed by atoms with van der Waals surface area (Å²) in [5, 5.41) is 0. The van der Waals surface area contributed by atoms with E-state index >= 15 is 0 Å². The summed E-state index contributed by atoms with van der Waals surface area (Å²) in [7, 11) is 0. The molecule has 104 valence electrons. The molecule has 2 N–H and O–H groups in total. The Bertz CT molecular complexity index is 428. The Balaban J connectivity index is 2.03. The second-order valence-corrected chi connectivity index (χ2v) is 5.49. The van der Waals surface area contributed by atoms with E-state index in [1.807, 2.05) is 30.9 Å². The van der Waals surface area contributed by atoms with E-state index in [4.69, 9.17) is 5.73 Å². The largest absolute Gasteiger partial charge is 0.338 e. The van der Waals surface area contributed by atoms with Crippen molar-refractivity contribution in [1.82, 2.24) is 9.88 Å². The maximum Gasteiger partial charge on any atom is 0.227 e. The molecule has 1 fully saturated rings. The number of nitrogens with two attached hydrogens (primary N) is 1. The predicted octanol–water partition coefficient (Wildman–Crippen LogP) is 1.66. The number of carbonyl (C=O) groups is 1. The fourth-order valence-corrected chi connectivity index (χ4v) is 2.69. The Morgan fingerprint density at radius 2 is 2.32 bits per heavy atom. The molecule has 2 rings (SSSR count). The summed E-state index contributed by atoms with van der Waals surface area (Å²) < 4.78 is 0. The van der Waals surface area contributed by atoms with E-state index in [-0.39, 0.29) is 18.0 Å². The molecule has 0 spiro atoms. The molecule has 4 heteroatoms. The van der Waals surface area contributed by atoms with Crippen LogP contribution in [0.4, 0.5) is 0 Å². The van der Waals surface area contributed by atoms with Gasteiger partial charge in [-0.05, 0) is 44.7 Å². The Morgan fingerprint density at radius 1 is 1.53 bits per heavy atom. The molecule has 0 radical (unpaired) electrons. The molecule has 1 aliphatic rings. The highest BCUT2D eigenvalue weighted by Gasteiger charge is 2.28. The quantitative estimate of drug-likeness (QED) is 0.900. The third-order valence-corrected chi connectivity index (χ3v) is 3.80. The highest BCUT2D eigenvalue weighted by atomic mass is 16.2. The zero-order chi connectivity index (χ0) is 13.8. The summed E-state index contributed by atoms with van der Waals surface area (Å²) in [6.07, 6.45) is 5.49. The molecule has 2 heterocycles. The van der Waals surface area contributed by atoms with Crippen LogP contribution >= 0.6 is 0 Å². The van der Waals surface area contributed by atoms with Crippen molar-refractivity contribution in [2.75, 3.05) is 6.54 Å². The van der Waals surface area contributed by atoms with Crippen LogP contribution in [-0.4, -0.2) is 34.4 Å². The van der Waals surface area contributed by atoms with Crippen LogP contribution in [-0.2, 0) is 11.2 Å². The van der Waals surface area contributed by atoms with Crippen LogP contribution in [0.2, 0.25) is 0 Å². The number of piperidine rings is 1. The van der Waals surface area contributed by atoms with Crippen molar-refractivity contribution in [1.29, 1.82) is 0 Å². The molecule has 2 atom stereocenters. The number of hydrogen-bond donors (Lipinski definition) is 1. The molecule has 0 saturated carbocycles. The maximum atomic E-state index is 12.4. The van der Waals surface area contributed by atoms with Crippen LogP contribution in [0.3, 0.4) is 0 Å². The molecular formula is C15H23N3O. The van der Waals surface area contributed by atoms with E-state index in [9.17, 15) is 4.79 Å². The van der Waals surface area contributed by atoms with Gasteiger partial charge in [-0.15, -0.1) is 0 Å². The number of aromatic nitrogens is 1. The number of nitrogens with zero attached hydrogens (tertiary/aromatic N) is 2. The van der Waals surface area contributed by atoms with Crippen molar-refractivity contribution in [3.63, 3.8) is 0 Å². The van der Waals surface area contributed by atoms with Gasteiger partial charge < -0.3 is 10.6 Å². The highest BCUT2D eigenvalue weighted by Crippen LogP contribution is 2.20. The van der Waals surface area contributed by atoms with Crippen molar-refractivity contribution in [3.8, 4) is 0 Å². The Morgan fingerprint density at radius 3 is 2.95 bits per heavy atom. The summed E-state index contributed by atoms with van der Waals surface area (Å²) >= 11 is 0. The van der Waals surface area contributed by atoms with E-state index in [1.165, 1.54) is 6.42 Å². The van der Waals surface area contributed by atoms with Gasteiger partial charge in [-0.2, -0.15) is 0 Å². The van der Waals surface area contributed by atoms with Crippen LogP contribution in [0.15, 0.2) is 18.3 Å². The fraction of sp³-hybridized carbons (Fsp3) is 0.600. The average molecular weight is 261 g/mol. The third kappa shape index (κ3) is 3.53. The molecule has 1 aliphatic heterocycles. The summed E-state index contributed by atoms with van der Waals surface area (Å²) in [6.45, 7) is 4.77. The van der Waals surface area contributed by atoms with Gasteiger partial charge in [0.1, 0.15) is 0 Å². The molecule has 0 aromatic carbocycles. The van der Waals surface area contributed by atoms with Crippen molar-refractivity contribution < 1.29 is 4.79 Å². The summed E-state index contributed by atoms with van der Waals surface area (Å²) in [5.41, 5.74) is 7.95. The standard InChI is InChI=1S/C15H23N3O/c1-11-6-7-13(10-17-11)9-15(19)18-8-4-3-5-14(18)12(2)16/h6-7,10,12,14H,3-5,8-9,16H2,1-2H3. The lowest BCUT2D eigenvalue weighted by Gasteiger charge is -2.38. The Labute approximate surface area is 115 Å². The summed E-state index contributed by atoms with van der Waals surface area (Å²) in [4.78, 5) is 18.6. The molecule has 0 aliphatic carbocycles. The van der Waals surface area contributed by atoms with Crippen LogP contribution < -0.4 is 5.73 Å². The number of aryl methyl sites for hydroxylation is 1. The van der Waals surface area contributed by atoms with E-state index in [0.717, 1.165) is 30.6 Å². The van der Waals surface area contributed by atoms with Gasteiger partial charge in [-0.25, -0.2) is 0 Å². The minimum absolute atomic E-state index is 0.0420. The molecule has 1 amide bonds. The lowest BCUT2D eigenvalue weighted by Crippen LogP contribution is -2.52. The number of pyridine rings is 1. The number of likely N-dealkylation sites (tertiary alicyclic amines) is 1. The smallest absolute Gasteiger partial charge is 0.227 e. The lowest BCUT2D eigenvalue weighted by molar-refractivity contribution is -0.134. The number of rotatable bonds is 3. The van der Waals surface area contributed by atoms with Gasteiger partial charge in [0.25, 0.3) is 0 Å². The topological polar surface area (TPSA) is 59.2 Å². The van der Waals surface area contributed by atoms with Crippen molar-refractivity contribution in [3.05, 3.63) is 29.6 Å². The minimum atomic E-state index is 0.0420. The van der Waals surface area contributed by atoms with Crippen LogP contribution in [0, 0.1) is 6.92 Å². The highest BCUT2D eigenvalue weighted by molar-refractivity contribution is 5.79. The Hall–Kier alpha value is -1.42. The van der Waals surface area contributed by atoms with Gasteiger partial charge >= 0.3 is 0 Å². The third-order valence-electron chi connectivity index (χ3n) is 3.80. The lowest BCUT2D eigenvalue weighted by atomic mass is 9.96. The van der Waals surface area contributed by atoms with Gasteiger partial charge in [0.05, 0.1) is 6.42 Å². The molecule has 1 saturated heterocycles. The Kier molecular flexibility index (Phi) is 4.53. The first kappa shape index (κ1) is 14.0. The van der Waals surface area contributed by atoms with Gasteiger partial charge in [-0.3, -0.25) is 9.78 Å². The van der Waals surface area contributed by atoms with Gasteiger partial charge in [0.15, 0.2) is 0 Å². The number of amides is 1. The normalized spacial score (nSPS) is 21.2. The number of hydrogen-bond acceptors (Lipinski definition) is 3. The molecule has 4 nitrogen and oxygen atoms in total. The molecule has 19 heavy (non-hydrogen) atoms. The van der Waals surface area contributed by atoms with E-state index in [0.29, 0.717) is 6.42 Å². The second-order valence-electron chi connectivity index (χ2n) is 5.49. The molecular weight excluding hydrogens is 238 g/mol. The van der Waals surface area contributed by atoms with E-state index in [2.05, 4.69) is 4.98 Å². The summed E-state index contributed by atoms with van der Waals surface area (Å²) in [6, 6.07) is 4.16. The van der Waals surface area contributed by atoms with Crippen molar-refractivity contribution in [2.45, 2.75) is 51.6 Å². The van der Waals surface area contributed by atoms with E-state index in [1.54, 1.807) is 6.20 Å². The van der Waals surface area contributed by atoms with Crippen LogP contribution in [0.25, 0.3) is 0 Å². The minimum Gasteiger partial charge on any atom is -0.338 e. The summed E-state index contributed by atoms with van der Waals surface area (Å²) in [5.74, 6) is 0.174. The fourth-order valence-electron chi connectivity index (χ4n) is 2.69. The van der Waals surface area contributed by atoms with Gasteiger partial charge in [0.2, 0.25) is 5.91 Å². The van der Waals surface area contributed by atoms with Crippen LogP contribution in [0.5, 0.6) is 0 Å². The van der Waals surface area contributed by atoms with Gasteiger partial charge in [-0.1, -0.05) is 6.07 Å². The van der Waals surface area contributed by atoms with E-state index < -0.39 is 0 Å². The number of carbonyl (C=O) groups excluding carboxylic acids is 1. The zero-order valence-electron chi connectivity index (χ0n) is 11.8. The van der Waals surface area contributed by atoms with Crippen molar-refractivity contribution in [2.24, 2.45) is 5.73 Å². The SMILES string of the molecule is Cc1ccc(CC(=O)N2CCCCC2C(C)N)cn1. The van der Waals surface area contributed by atoms with Gasteiger partial charge in [0, 0.05) is 30.5 Å². The second kappa shape index (κ2) is 6.15. The van der Waals surface area contributed by atoms with Crippen molar-refractivity contribution >= 4 is 5.91 Å². The first-order valence-electron chi connectivity index (χ1n) is 7.04. The first-order chi connectivity index (χ1) is 9.08. The molecule has 1 aromatic rings. The molecule has 1 aromatic heterocycles.